The van der Waals surface area contributed by atoms with Gasteiger partial charge >= 0.3 is 0 Å². The highest BCUT2D eigenvalue weighted by molar-refractivity contribution is 7.90. The van der Waals surface area contributed by atoms with Crippen LogP contribution < -0.4 is 5.32 Å². The molecule has 26 heavy (non-hydrogen) atoms. The Morgan fingerprint density at radius 1 is 1.19 bits per heavy atom. The first kappa shape index (κ1) is 18.3. The van der Waals surface area contributed by atoms with Crippen molar-refractivity contribution in [1.82, 2.24) is 9.62 Å². The number of amides is 1. The lowest BCUT2D eigenvalue weighted by Gasteiger charge is -2.48. The van der Waals surface area contributed by atoms with Crippen molar-refractivity contribution in [2.45, 2.75) is 49.4 Å². The van der Waals surface area contributed by atoms with E-state index in [1.165, 1.54) is 12.1 Å². The van der Waals surface area contributed by atoms with Gasteiger partial charge in [0, 0.05) is 23.7 Å². The van der Waals surface area contributed by atoms with Crippen molar-refractivity contribution in [2.24, 2.45) is 5.92 Å². The Hall–Kier alpha value is -1.02. The summed E-state index contributed by atoms with van der Waals surface area (Å²) in [6.07, 6.45) is 3.82. The zero-order valence-corrected chi connectivity index (χ0v) is 16.3. The molecule has 2 aliphatic carbocycles. The van der Waals surface area contributed by atoms with Crippen molar-refractivity contribution in [1.29, 1.82) is 0 Å². The van der Waals surface area contributed by atoms with E-state index in [-0.39, 0.29) is 44.6 Å². The van der Waals surface area contributed by atoms with Gasteiger partial charge in [0.25, 0.3) is 5.91 Å². The molecule has 0 radical (unpaired) electrons. The lowest BCUT2D eigenvalue weighted by Crippen LogP contribution is -2.60. The van der Waals surface area contributed by atoms with Gasteiger partial charge in [-0.3, -0.25) is 4.79 Å². The number of fused-ring (bicyclic) bond motifs is 3. The van der Waals surface area contributed by atoms with E-state index in [9.17, 15) is 18.3 Å². The number of benzene rings is 1. The van der Waals surface area contributed by atoms with Crippen LogP contribution in [-0.4, -0.2) is 47.6 Å². The molecule has 9 heteroatoms. The number of carbonyl (C=O) groups excluding carboxylic acids is 1. The van der Waals surface area contributed by atoms with Gasteiger partial charge in [-0.05, 0) is 50.2 Å². The molecule has 2 saturated heterocycles. The van der Waals surface area contributed by atoms with Gasteiger partial charge in [0.1, 0.15) is 5.75 Å². The number of rotatable bonds is 4. The van der Waals surface area contributed by atoms with Crippen LogP contribution in [0, 0.1) is 5.92 Å². The number of piperidine rings is 2. The molecule has 2 saturated carbocycles. The molecule has 2 heterocycles. The Labute approximate surface area is 162 Å². The van der Waals surface area contributed by atoms with Crippen LogP contribution in [0.3, 0.4) is 0 Å². The standard InChI is InChI=1S/C17H20Cl2N2O4S/c18-10-5-13(16(22)14(19)6-10)17(23)20-15-7-11-2-1-9(15)8-21(11)26(24,25)12-3-4-12/h5-6,9,11-12,15,22H,1-4,7-8H2,(H,20,23)/t9-,11-,15+/m1/s1. The van der Waals surface area contributed by atoms with Crippen LogP contribution in [0.25, 0.3) is 0 Å². The monoisotopic (exact) mass is 418 g/mol. The largest absolute Gasteiger partial charge is 0.506 e. The maximum absolute atomic E-state index is 12.6. The lowest BCUT2D eigenvalue weighted by molar-refractivity contribution is 0.0680. The minimum Gasteiger partial charge on any atom is -0.506 e. The van der Waals surface area contributed by atoms with E-state index in [1.807, 2.05) is 0 Å². The third kappa shape index (κ3) is 3.19. The van der Waals surface area contributed by atoms with E-state index in [0.29, 0.717) is 13.0 Å². The second-order valence-electron chi connectivity index (χ2n) is 7.40. The lowest BCUT2D eigenvalue weighted by atomic mass is 9.77. The highest BCUT2D eigenvalue weighted by atomic mass is 35.5. The van der Waals surface area contributed by atoms with E-state index < -0.39 is 15.9 Å². The molecule has 1 aromatic carbocycles. The highest BCUT2D eigenvalue weighted by Crippen LogP contribution is 2.41. The molecule has 2 N–H and O–H groups in total. The number of nitrogens with zero attached hydrogens (tertiary/aromatic N) is 1. The summed E-state index contributed by atoms with van der Waals surface area (Å²) in [6.45, 7) is 0.455. The van der Waals surface area contributed by atoms with Gasteiger partial charge in [-0.25, -0.2) is 8.42 Å². The molecule has 3 atom stereocenters. The summed E-state index contributed by atoms with van der Waals surface area (Å²) in [7, 11) is -3.20. The molecular formula is C17H20Cl2N2O4S. The van der Waals surface area contributed by atoms with Crippen LogP contribution in [0.5, 0.6) is 5.75 Å². The summed E-state index contributed by atoms with van der Waals surface area (Å²) in [5.41, 5.74) is 0.0337. The average molecular weight is 419 g/mol. The third-order valence-electron chi connectivity index (χ3n) is 5.65. The van der Waals surface area contributed by atoms with Crippen LogP contribution in [0.1, 0.15) is 42.5 Å². The maximum Gasteiger partial charge on any atom is 0.255 e. The number of hydrogen-bond acceptors (Lipinski definition) is 4. The maximum atomic E-state index is 12.6. The molecule has 6 nitrogen and oxygen atoms in total. The third-order valence-corrected chi connectivity index (χ3v) is 8.57. The fraction of sp³-hybridized carbons (Fsp3) is 0.588. The molecule has 0 unspecified atom stereocenters. The molecule has 1 amide bonds. The Kier molecular flexibility index (Phi) is 4.62. The number of nitrogens with one attached hydrogen (secondary N) is 1. The fourth-order valence-corrected chi connectivity index (χ4v) is 6.72. The Morgan fingerprint density at radius 3 is 2.54 bits per heavy atom. The van der Waals surface area contributed by atoms with Crippen LogP contribution in [-0.2, 0) is 10.0 Å². The van der Waals surface area contributed by atoms with Crippen LogP contribution >= 0.6 is 23.2 Å². The number of halogens is 2. The van der Waals surface area contributed by atoms with Crippen molar-refractivity contribution in [3.05, 3.63) is 27.7 Å². The molecule has 5 rings (SSSR count). The number of sulfonamides is 1. The molecule has 4 aliphatic rings. The Morgan fingerprint density at radius 2 is 1.92 bits per heavy atom. The number of carbonyl (C=O) groups is 1. The van der Waals surface area contributed by atoms with Gasteiger partial charge in [0.2, 0.25) is 10.0 Å². The molecule has 2 aliphatic heterocycles. The highest BCUT2D eigenvalue weighted by Gasteiger charge is 2.50. The van der Waals surface area contributed by atoms with E-state index in [1.54, 1.807) is 4.31 Å². The summed E-state index contributed by atoms with van der Waals surface area (Å²) in [5, 5.41) is 13.1. The van der Waals surface area contributed by atoms with Crippen LogP contribution in [0.2, 0.25) is 10.0 Å². The van der Waals surface area contributed by atoms with Crippen molar-refractivity contribution >= 4 is 39.1 Å². The first-order chi connectivity index (χ1) is 12.3. The molecular weight excluding hydrogens is 399 g/mol. The predicted molar refractivity (Wildman–Crippen MR) is 99.2 cm³/mol. The number of phenols is 1. The molecule has 142 valence electrons. The minimum absolute atomic E-state index is 0.0227. The van der Waals surface area contributed by atoms with E-state index in [0.717, 1.165) is 25.7 Å². The SMILES string of the molecule is O=C(N[C@H]1C[C@H]2CC[C@@H]1CN2S(=O)(=O)C1CC1)c1cc(Cl)cc(Cl)c1O. The van der Waals surface area contributed by atoms with Gasteiger partial charge in [-0.15, -0.1) is 0 Å². The second-order valence-corrected chi connectivity index (χ2v) is 10.4. The van der Waals surface area contributed by atoms with Crippen LogP contribution in [0.4, 0.5) is 0 Å². The zero-order chi connectivity index (χ0) is 18.6. The fourth-order valence-electron chi connectivity index (χ4n) is 4.10. The predicted octanol–water partition coefficient (Wildman–Crippen LogP) is 2.77. The molecule has 0 aromatic heterocycles. The Bertz CT molecular complexity index is 857. The van der Waals surface area contributed by atoms with Gasteiger partial charge in [0.05, 0.1) is 15.8 Å². The summed E-state index contributed by atoms with van der Waals surface area (Å²) in [4.78, 5) is 12.6. The first-order valence-corrected chi connectivity index (χ1v) is 11.0. The minimum atomic E-state index is -3.20. The molecule has 1 aromatic rings. The molecule has 2 bridgehead atoms. The molecule has 0 spiro atoms. The van der Waals surface area contributed by atoms with Crippen LogP contribution in [0.15, 0.2) is 12.1 Å². The van der Waals surface area contributed by atoms with E-state index >= 15 is 0 Å². The number of phenolic OH excluding ortho intramolecular Hbond substituents is 1. The average Bonchev–Trinajstić information content (AvgIpc) is 3.44. The topological polar surface area (TPSA) is 86.7 Å². The van der Waals surface area contributed by atoms with Crippen molar-refractivity contribution < 1.29 is 18.3 Å². The van der Waals surface area contributed by atoms with Gasteiger partial charge in [-0.1, -0.05) is 23.2 Å². The van der Waals surface area contributed by atoms with Gasteiger partial charge in [0.15, 0.2) is 0 Å². The van der Waals surface area contributed by atoms with E-state index in [2.05, 4.69) is 5.32 Å². The van der Waals surface area contributed by atoms with Crippen molar-refractivity contribution in [3.8, 4) is 5.75 Å². The Balaban J connectivity index is 1.49. The number of aromatic hydroxyl groups is 1. The van der Waals surface area contributed by atoms with E-state index in [4.69, 9.17) is 23.2 Å². The van der Waals surface area contributed by atoms with Crippen molar-refractivity contribution in [2.75, 3.05) is 6.54 Å². The quantitative estimate of drug-likeness (QED) is 0.786. The summed E-state index contributed by atoms with van der Waals surface area (Å²) in [5.74, 6) is -0.664. The van der Waals surface area contributed by atoms with Gasteiger partial charge in [-0.2, -0.15) is 4.31 Å². The molecule has 4 fully saturated rings. The smallest absolute Gasteiger partial charge is 0.255 e. The summed E-state index contributed by atoms with van der Waals surface area (Å²) < 4.78 is 26.8. The van der Waals surface area contributed by atoms with Gasteiger partial charge < -0.3 is 10.4 Å². The normalized spacial score (nSPS) is 28.9. The van der Waals surface area contributed by atoms with Crippen molar-refractivity contribution in [3.63, 3.8) is 0 Å². The summed E-state index contributed by atoms with van der Waals surface area (Å²) >= 11 is 11.8. The second kappa shape index (κ2) is 6.55. The summed E-state index contributed by atoms with van der Waals surface area (Å²) in [6, 6.07) is 2.57. The number of hydrogen-bond donors (Lipinski definition) is 2. The zero-order valence-electron chi connectivity index (χ0n) is 14.0. The first-order valence-electron chi connectivity index (χ1n) is 8.77.